The van der Waals surface area contributed by atoms with Crippen molar-refractivity contribution < 1.29 is 9.13 Å². The Kier molecular flexibility index (Phi) is 4.20. The lowest BCUT2D eigenvalue weighted by molar-refractivity contribution is 0.241. The largest absolute Gasteiger partial charge is 0.490 e. The molecule has 1 unspecified atom stereocenters. The first kappa shape index (κ1) is 20.9. The van der Waals surface area contributed by atoms with Gasteiger partial charge in [-0.2, -0.15) is 0 Å². The first-order valence-electron chi connectivity index (χ1n) is 12.1. The van der Waals surface area contributed by atoms with Crippen molar-refractivity contribution >= 4 is 27.8 Å². The molecule has 35 heavy (non-hydrogen) atoms. The van der Waals surface area contributed by atoms with E-state index in [1.54, 1.807) is 24.0 Å². The third kappa shape index (κ3) is 2.84. The van der Waals surface area contributed by atoms with E-state index in [0.717, 1.165) is 49.2 Å². The normalized spacial score (nSPS) is 20.4. The second kappa shape index (κ2) is 7.04. The Morgan fingerprint density at radius 2 is 2.03 bits per heavy atom. The standard InChI is InChI=1S/C26H27FN6O2/c1-30(2)16-6-9-32(13-16)20-5-4-15(11-29-20)21-17(27)10-18-22-23-19(12-28-18)31(3)25(34)33(23)26(7-8-26)14-35-24(21)22/h4-5,10-12,16H,6-9,13-14H2,1-3H3. The molecule has 4 aromatic rings. The lowest BCUT2D eigenvalue weighted by Crippen LogP contribution is -2.34. The molecule has 1 spiro atoms. The smallest absolute Gasteiger partial charge is 0.329 e. The zero-order chi connectivity index (χ0) is 24.1. The molecule has 1 aliphatic carbocycles. The highest BCUT2D eigenvalue weighted by molar-refractivity contribution is 6.09. The molecule has 9 heteroatoms. The first-order chi connectivity index (χ1) is 16.9. The van der Waals surface area contributed by atoms with Gasteiger partial charge in [0.1, 0.15) is 24.0 Å². The topological polar surface area (TPSA) is 68.4 Å². The van der Waals surface area contributed by atoms with Crippen LogP contribution in [0.1, 0.15) is 19.3 Å². The maximum absolute atomic E-state index is 15.6. The third-order valence-electron chi connectivity index (χ3n) is 8.12. The van der Waals surface area contributed by atoms with Gasteiger partial charge < -0.3 is 14.5 Å². The van der Waals surface area contributed by atoms with Crippen molar-refractivity contribution in [3.05, 3.63) is 46.9 Å². The number of pyridine rings is 2. The molecule has 1 saturated carbocycles. The summed E-state index contributed by atoms with van der Waals surface area (Å²) in [6, 6.07) is 5.82. The molecule has 8 nitrogen and oxygen atoms in total. The second-order valence-electron chi connectivity index (χ2n) is 10.4. The fourth-order valence-corrected chi connectivity index (χ4v) is 5.81. The second-order valence-corrected chi connectivity index (χ2v) is 10.4. The van der Waals surface area contributed by atoms with Crippen molar-refractivity contribution in [3.8, 4) is 16.9 Å². The van der Waals surface area contributed by atoms with Crippen LogP contribution in [0.5, 0.6) is 5.75 Å². The van der Waals surface area contributed by atoms with Gasteiger partial charge in [0, 0.05) is 44.0 Å². The Labute approximate surface area is 201 Å². The van der Waals surface area contributed by atoms with Crippen LogP contribution < -0.4 is 15.3 Å². The fourth-order valence-electron chi connectivity index (χ4n) is 5.81. The lowest BCUT2D eigenvalue weighted by Gasteiger charge is -2.21. The van der Waals surface area contributed by atoms with Crippen molar-refractivity contribution in [3.63, 3.8) is 0 Å². The summed E-state index contributed by atoms with van der Waals surface area (Å²) in [5.41, 5.74) is 2.57. The van der Waals surface area contributed by atoms with Gasteiger partial charge in [0.25, 0.3) is 0 Å². The van der Waals surface area contributed by atoms with E-state index in [-0.39, 0.29) is 11.2 Å². The molecule has 0 radical (unpaired) electrons. The summed E-state index contributed by atoms with van der Waals surface area (Å²) in [7, 11) is 5.97. The molecule has 0 bridgehead atoms. The number of anilines is 1. The van der Waals surface area contributed by atoms with Crippen molar-refractivity contribution in [1.29, 1.82) is 0 Å². The van der Waals surface area contributed by atoms with Crippen LogP contribution in [0.15, 0.2) is 35.4 Å². The molecule has 1 aromatic carbocycles. The summed E-state index contributed by atoms with van der Waals surface area (Å²) in [5, 5.41) is 0.692. The highest BCUT2D eigenvalue weighted by Gasteiger charge is 2.50. The molecule has 5 heterocycles. The number of aromatic nitrogens is 4. The van der Waals surface area contributed by atoms with Gasteiger partial charge in [0.2, 0.25) is 0 Å². The summed E-state index contributed by atoms with van der Waals surface area (Å²) in [6.07, 6.45) is 6.21. The van der Waals surface area contributed by atoms with Gasteiger partial charge >= 0.3 is 5.69 Å². The van der Waals surface area contributed by atoms with Gasteiger partial charge in [0.05, 0.1) is 39.2 Å². The number of aryl methyl sites for hydroxylation is 1. The van der Waals surface area contributed by atoms with Crippen LogP contribution in [0, 0.1) is 5.82 Å². The van der Waals surface area contributed by atoms with Gasteiger partial charge in [-0.3, -0.25) is 14.1 Å². The Bertz CT molecular complexity index is 1570. The van der Waals surface area contributed by atoms with Crippen LogP contribution in [0.4, 0.5) is 10.2 Å². The van der Waals surface area contributed by atoms with Crippen LogP contribution in [0.25, 0.3) is 33.1 Å². The Balaban J connectivity index is 1.40. The molecule has 7 rings (SSSR count). The monoisotopic (exact) mass is 474 g/mol. The maximum Gasteiger partial charge on any atom is 0.329 e. The van der Waals surface area contributed by atoms with Crippen molar-refractivity contribution in [2.75, 3.05) is 38.7 Å². The number of hydrogen-bond donors (Lipinski definition) is 0. The van der Waals surface area contributed by atoms with Crippen LogP contribution in [0.3, 0.4) is 0 Å². The van der Waals surface area contributed by atoms with Gasteiger partial charge in [-0.05, 0) is 45.5 Å². The van der Waals surface area contributed by atoms with E-state index in [2.05, 4.69) is 28.9 Å². The number of halogens is 1. The molecule has 0 N–H and O–H groups in total. The lowest BCUT2D eigenvalue weighted by atomic mass is 10.0. The number of fused-ring (bicyclic) bond motifs is 1. The van der Waals surface area contributed by atoms with E-state index < -0.39 is 5.82 Å². The van der Waals surface area contributed by atoms with Crippen molar-refractivity contribution in [2.45, 2.75) is 30.8 Å². The van der Waals surface area contributed by atoms with Gasteiger partial charge in [-0.15, -0.1) is 0 Å². The Hall–Kier alpha value is -3.46. The predicted molar refractivity (Wildman–Crippen MR) is 133 cm³/mol. The summed E-state index contributed by atoms with van der Waals surface area (Å²) >= 11 is 0. The summed E-state index contributed by atoms with van der Waals surface area (Å²) in [4.78, 5) is 26.9. The van der Waals surface area contributed by atoms with E-state index in [0.29, 0.717) is 40.4 Å². The molecule has 180 valence electrons. The minimum Gasteiger partial charge on any atom is -0.490 e. The van der Waals surface area contributed by atoms with Gasteiger partial charge in [-0.1, -0.05) is 0 Å². The number of nitrogens with zero attached hydrogens (tertiary/aromatic N) is 6. The first-order valence-corrected chi connectivity index (χ1v) is 12.1. The zero-order valence-corrected chi connectivity index (χ0v) is 20.1. The van der Waals surface area contributed by atoms with Crippen molar-refractivity contribution in [2.24, 2.45) is 7.05 Å². The molecule has 2 aliphatic heterocycles. The van der Waals surface area contributed by atoms with Crippen LogP contribution >= 0.6 is 0 Å². The average Bonchev–Trinajstić information content (AvgIpc) is 3.40. The molecular formula is C26H27FN6O2. The average molecular weight is 475 g/mol. The van der Waals surface area contributed by atoms with Gasteiger partial charge in [0.15, 0.2) is 0 Å². The zero-order valence-electron chi connectivity index (χ0n) is 20.1. The van der Waals surface area contributed by atoms with E-state index in [1.165, 1.54) is 6.07 Å². The molecule has 0 amide bonds. The van der Waals surface area contributed by atoms with E-state index in [4.69, 9.17) is 9.72 Å². The highest BCUT2D eigenvalue weighted by atomic mass is 19.1. The molecular weight excluding hydrogens is 447 g/mol. The molecule has 1 saturated heterocycles. The highest BCUT2D eigenvalue weighted by Crippen LogP contribution is 2.51. The summed E-state index contributed by atoms with van der Waals surface area (Å²) in [5.74, 6) is 0.938. The maximum atomic E-state index is 15.6. The van der Waals surface area contributed by atoms with E-state index in [9.17, 15) is 4.79 Å². The number of imidazole rings is 1. The van der Waals surface area contributed by atoms with Gasteiger partial charge in [-0.25, -0.2) is 14.2 Å². The predicted octanol–water partition coefficient (Wildman–Crippen LogP) is 3.11. The number of hydrogen-bond acceptors (Lipinski definition) is 6. The minimum atomic E-state index is -0.403. The van der Waals surface area contributed by atoms with E-state index >= 15 is 4.39 Å². The SMILES string of the molecule is CN(C)C1CCN(c2ccc(-c3c(F)cc4ncc5c6c4c3OCC3(CC3)n6c(=O)n5C)cn2)C1. The fraction of sp³-hybridized carbons (Fsp3) is 0.423. The number of likely N-dealkylation sites (N-methyl/N-ethyl adjacent to an activating group) is 1. The van der Waals surface area contributed by atoms with Crippen molar-refractivity contribution in [1.82, 2.24) is 24.0 Å². The van der Waals surface area contributed by atoms with E-state index in [1.807, 2.05) is 16.7 Å². The Morgan fingerprint density at radius 1 is 1.20 bits per heavy atom. The molecule has 1 atom stereocenters. The molecule has 2 fully saturated rings. The van der Waals surface area contributed by atoms with Crippen LogP contribution in [-0.2, 0) is 12.6 Å². The van der Waals surface area contributed by atoms with Crippen LogP contribution in [-0.4, -0.2) is 63.8 Å². The third-order valence-corrected chi connectivity index (χ3v) is 8.12. The molecule has 3 aromatic heterocycles. The summed E-state index contributed by atoms with van der Waals surface area (Å²) < 4.78 is 25.4. The number of benzene rings is 1. The summed E-state index contributed by atoms with van der Waals surface area (Å²) in [6.45, 7) is 2.21. The molecule has 3 aliphatic rings. The Morgan fingerprint density at radius 3 is 2.71 bits per heavy atom. The quantitative estimate of drug-likeness (QED) is 0.455. The number of ether oxygens (including phenoxy) is 1. The van der Waals surface area contributed by atoms with Crippen LogP contribution in [0.2, 0.25) is 0 Å². The minimum absolute atomic E-state index is 0.0817. The number of rotatable bonds is 3.